The Hall–Kier alpha value is -3.33. The number of primary amides is 1. The molecule has 1 rings (SSSR count). The smallest absolute Gasteiger partial charge is 0.756 e. The average Bonchev–Trinajstić information content (AvgIpc) is 1.33. The van der Waals surface area contributed by atoms with Crippen LogP contribution in [0.2, 0.25) is 0 Å². The van der Waals surface area contributed by atoms with E-state index in [1.54, 1.807) is 0 Å². The first-order valence-electron chi connectivity index (χ1n) is 31.5. The van der Waals surface area contributed by atoms with E-state index < -0.39 is 149 Å². The molecule has 0 aromatic rings. The van der Waals surface area contributed by atoms with Gasteiger partial charge in [0, 0.05) is 32.7 Å². The van der Waals surface area contributed by atoms with Gasteiger partial charge in [0.2, 0.25) is 35.4 Å². The van der Waals surface area contributed by atoms with Crippen LogP contribution in [-0.2, 0) is 70.9 Å². The molecule has 1 fully saturated rings. The van der Waals surface area contributed by atoms with Gasteiger partial charge in [0.05, 0.1) is 19.8 Å². The second-order valence-electron chi connectivity index (χ2n) is 22.4. The van der Waals surface area contributed by atoms with E-state index in [0.717, 1.165) is 51.9 Å². The molecular weight excluding hydrogens is 1150 g/mol. The topological polar surface area (TPSA) is 379 Å². The standard InChI is InChI=1S/C59H109N6O19P.Na/c1-7-9-11-13-15-17-19-21-23-25-27-29-31-33-50(69)79-40-46(83-51(70)34-32-30-28-26-24-22-20-18-16-14-12-10-8-2)41-81-85(77,78)80-38-37-61-56(73)42(3)62-49(68)36-35-47(55(60)72)65-57(74)43(4)63-58(75)44(5)82-54-52(64-45(6)67)59(76)84-48(39-66)53(54)71;/h42-44,46-48,52-54,59,66,71,76H,7-41H2,1-6H3,(H2,60,72)(H,61,73)(H,62,68)(H,63,75)(H,64,67)(H,65,74)(H,77,78);/q;+1/p-1/t42-,43-,44+,46+,47+,48+,52+,53+,54+,59?;/m0./s1. The number of nitrogens with two attached hydrogens (primary N) is 1. The fraction of sp³-hybridized carbons (Fsp3) is 0.864. The summed E-state index contributed by atoms with van der Waals surface area (Å²) in [6, 6.07) is -5.22. The van der Waals surface area contributed by atoms with E-state index in [1.807, 2.05) is 0 Å². The van der Waals surface area contributed by atoms with Crippen LogP contribution in [0.25, 0.3) is 0 Å². The van der Waals surface area contributed by atoms with Crippen molar-refractivity contribution >= 4 is 55.2 Å². The minimum absolute atomic E-state index is 0. The number of hydrogen-bond acceptors (Lipinski definition) is 19. The molecule has 0 saturated carbocycles. The first-order valence-corrected chi connectivity index (χ1v) is 33.0. The maximum absolute atomic E-state index is 13.0. The summed E-state index contributed by atoms with van der Waals surface area (Å²) in [5.74, 6) is -5.96. The molecule has 25 nitrogen and oxygen atoms in total. The maximum Gasteiger partial charge on any atom is 1.00 e. The Morgan fingerprint density at radius 2 is 1.10 bits per heavy atom. The third-order valence-corrected chi connectivity index (χ3v) is 15.5. The number of carbonyl (C=O) groups excluding carboxylic acids is 8. The molecule has 0 spiro atoms. The zero-order valence-corrected chi connectivity index (χ0v) is 55.8. The largest absolute Gasteiger partial charge is 1.00 e. The first kappa shape index (κ1) is 82.7. The van der Waals surface area contributed by atoms with Crippen molar-refractivity contribution in [3.8, 4) is 0 Å². The van der Waals surface area contributed by atoms with Crippen LogP contribution in [0.4, 0.5) is 0 Å². The molecule has 1 saturated heterocycles. The van der Waals surface area contributed by atoms with Crippen molar-refractivity contribution in [2.45, 2.75) is 295 Å². The molecule has 0 radical (unpaired) electrons. The van der Waals surface area contributed by atoms with E-state index in [0.29, 0.717) is 12.8 Å². The summed E-state index contributed by atoms with van der Waals surface area (Å²) in [6.07, 6.45) is 20.6. The summed E-state index contributed by atoms with van der Waals surface area (Å²) >= 11 is 0. The summed E-state index contributed by atoms with van der Waals surface area (Å²) in [6.45, 7) is 6.67. The van der Waals surface area contributed by atoms with Gasteiger partial charge < -0.3 is 80.5 Å². The van der Waals surface area contributed by atoms with Crippen LogP contribution in [0, 0.1) is 0 Å². The third kappa shape index (κ3) is 40.3. The summed E-state index contributed by atoms with van der Waals surface area (Å²) in [7, 11) is -5.05. The fourth-order valence-electron chi connectivity index (χ4n) is 9.46. The second kappa shape index (κ2) is 50.4. The van der Waals surface area contributed by atoms with Gasteiger partial charge in [-0.05, 0) is 40.0 Å². The first-order chi connectivity index (χ1) is 40.5. The summed E-state index contributed by atoms with van der Waals surface area (Å²) in [5, 5.41) is 42.5. The Labute approximate surface area is 533 Å². The fourth-order valence-corrected chi connectivity index (χ4v) is 10.2. The summed E-state index contributed by atoms with van der Waals surface area (Å²) in [4.78, 5) is 114. The molecule has 11 atom stereocenters. The minimum Gasteiger partial charge on any atom is -0.756 e. The van der Waals surface area contributed by atoms with Gasteiger partial charge in [0.15, 0.2) is 12.4 Å². The van der Waals surface area contributed by atoms with Crippen molar-refractivity contribution in [2.75, 3.05) is 33.0 Å². The predicted octanol–water partition coefficient (Wildman–Crippen LogP) is 2.13. The van der Waals surface area contributed by atoms with Gasteiger partial charge in [-0.1, -0.05) is 168 Å². The number of hydrogen-bond donors (Lipinski definition) is 9. The normalized spacial score (nSPS) is 19.0. The van der Waals surface area contributed by atoms with E-state index in [9.17, 15) is 63.1 Å². The van der Waals surface area contributed by atoms with Crippen LogP contribution in [-0.4, -0.2) is 157 Å². The van der Waals surface area contributed by atoms with Crippen molar-refractivity contribution in [2.24, 2.45) is 5.73 Å². The maximum atomic E-state index is 13.0. The van der Waals surface area contributed by atoms with Crippen LogP contribution in [0.5, 0.6) is 0 Å². The molecule has 1 aliphatic rings. The van der Waals surface area contributed by atoms with Gasteiger partial charge in [-0.2, -0.15) is 0 Å². The van der Waals surface area contributed by atoms with Crippen LogP contribution < -0.4 is 66.8 Å². The van der Waals surface area contributed by atoms with Crippen molar-refractivity contribution in [1.82, 2.24) is 26.6 Å². The Morgan fingerprint density at radius 3 is 1.58 bits per heavy atom. The number of unbranched alkanes of at least 4 members (excludes halogenated alkanes) is 24. The van der Waals surface area contributed by atoms with Crippen LogP contribution in [0.3, 0.4) is 0 Å². The van der Waals surface area contributed by atoms with Crippen molar-refractivity contribution in [1.29, 1.82) is 0 Å². The third-order valence-electron chi connectivity index (χ3n) is 14.6. The molecule has 6 amide bonds. The molecule has 27 heteroatoms. The number of nitrogens with one attached hydrogen (secondary N) is 5. The Morgan fingerprint density at radius 1 is 0.628 bits per heavy atom. The van der Waals surface area contributed by atoms with Gasteiger partial charge in [0.25, 0.3) is 7.82 Å². The summed E-state index contributed by atoms with van der Waals surface area (Å²) in [5.41, 5.74) is 5.48. The monoisotopic (exact) mass is 1260 g/mol. The average molecular weight is 1260 g/mol. The number of aliphatic hydroxyl groups is 3. The Bertz CT molecular complexity index is 1970. The van der Waals surface area contributed by atoms with E-state index in [2.05, 4.69) is 40.4 Å². The van der Waals surface area contributed by atoms with E-state index in [4.69, 9.17) is 33.7 Å². The van der Waals surface area contributed by atoms with Gasteiger partial charge in [-0.25, -0.2) is 0 Å². The van der Waals surface area contributed by atoms with Gasteiger partial charge in [-0.15, -0.1) is 0 Å². The molecule has 10 N–H and O–H groups in total. The molecule has 1 aliphatic heterocycles. The van der Waals surface area contributed by atoms with Crippen LogP contribution in [0.1, 0.15) is 234 Å². The molecule has 494 valence electrons. The van der Waals surface area contributed by atoms with Gasteiger partial charge >= 0.3 is 41.5 Å². The molecular formula is C59H108N6NaO19P. The number of phosphoric ester groups is 1. The molecule has 0 aliphatic carbocycles. The molecule has 0 bridgehead atoms. The zero-order valence-electron chi connectivity index (χ0n) is 52.9. The number of ether oxygens (including phenoxy) is 4. The predicted molar refractivity (Wildman–Crippen MR) is 315 cm³/mol. The second-order valence-corrected chi connectivity index (χ2v) is 23.8. The summed E-state index contributed by atoms with van der Waals surface area (Å²) < 4.78 is 44.5. The van der Waals surface area contributed by atoms with Crippen molar-refractivity contribution in [3.63, 3.8) is 0 Å². The number of rotatable bonds is 52. The van der Waals surface area contributed by atoms with Crippen LogP contribution >= 0.6 is 7.82 Å². The molecule has 0 aromatic carbocycles. The van der Waals surface area contributed by atoms with Crippen molar-refractivity contribution < 1.29 is 121 Å². The SMILES string of the molecule is CCCCCCCCCCCCCCCC(=O)OC[C@H](COP(=O)([O-])OCCNC(=O)[C@H](C)NC(=O)CC[C@@H](NC(=O)[C@H](C)NC(=O)[C@@H](C)O[C@H]1[C@H](O)[C@@H](CO)OC(O)[C@@H]1NC(C)=O)C(N)=O)OC(=O)CCCCCCCCCCCCCCC.[Na+]. The Balaban J connectivity index is 0.0000722. The van der Waals surface area contributed by atoms with Crippen molar-refractivity contribution in [3.05, 3.63) is 0 Å². The number of amides is 6. The number of aliphatic hydroxyl groups excluding tert-OH is 3. The molecule has 86 heavy (non-hydrogen) atoms. The Kier molecular flexibility index (Phi) is 48.5. The quantitative estimate of drug-likeness (QED) is 0.0182. The number of phosphoric acid groups is 1. The van der Waals surface area contributed by atoms with Crippen LogP contribution in [0.15, 0.2) is 0 Å². The number of carbonyl (C=O) groups is 8. The number of esters is 2. The molecule has 2 unspecified atom stereocenters. The van der Waals surface area contributed by atoms with Gasteiger partial charge in [0.1, 0.15) is 55.2 Å². The minimum atomic E-state index is -5.05. The zero-order chi connectivity index (χ0) is 63.4. The van der Waals surface area contributed by atoms with Gasteiger partial charge in [-0.3, -0.25) is 42.9 Å². The van der Waals surface area contributed by atoms with E-state index in [-0.39, 0.29) is 55.4 Å². The van der Waals surface area contributed by atoms with E-state index >= 15 is 0 Å². The van der Waals surface area contributed by atoms with E-state index in [1.165, 1.54) is 130 Å². The molecule has 1 heterocycles. The molecule has 0 aromatic heterocycles.